The van der Waals surface area contributed by atoms with E-state index < -0.39 is 0 Å². The molecule has 0 aliphatic carbocycles. The van der Waals surface area contributed by atoms with E-state index in [1.165, 1.54) is 11.1 Å². The maximum absolute atomic E-state index is 5.28. The zero-order chi connectivity index (χ0) is 10.1. The molecular weight excluding hydrogens is 160 g/mol. The summed E-state index contributed by atoms with van der Waals surface area (Å²) in [6, 6.07) is 6.40. The first-order chi connectivity index (χ1) is 5.95. The Kier molecular flexibility index (Phi) is 2.65. The molecular formula is C12H18O. The highest BCUT2D eigenvalue weighted by Crippen LogP contribution is 2.27. The molecule has 1 rings (SSSR count). The second kappa shape index (κ2) is 3.41. The zero-order valence-electron chi connectivity index (χ0n) is 9.14. The van der Waals surface area contributed by atoms with Gasteiger partial charge >= 0.3 is 0 Å². The van der Waals surface area contributed by atoms with Crippen molar-refractivity contribution in [3.8, 4) is 5.75 Å². The zero-order valence-corrected chi connectivity index (χ0v) is 9.14. The van der Waals surface area contributed by atoms with Crippen molar-refractivity contribution in [1.29, 1.82) is 0 Å². The van der Waals surface area contributed by atoms with Crippen molar-refractivity contribution in [3.05, 3.63) is 29.3 Å². The normalized spacial score (nSPS) is 11.5. The van der Waals surface area contributed by atoms with Crippen molar-refractivity contribution in [1.82, 2.24) is 0 Å². The molecule has 1 aromatic carbocycles. The first kappa shape index (κ1) is 10.1. The van der Waals surface area contributed by atoms with Crippen LogP contribution in [0.15, 0.2) is 18.2 Å². The highest BCUT2D eigenvalue weighted by atomic mass is 16.5. The molecule has 0 radical (unpaired) electrons. The van der Waals surface area contributed by atoms with E-state index in [2.05, 4.69) is 45.9 Å². The van der Waals surface area contributed by atoms with Crippen LogP contribution >= 0.6 is 0 Å². The van der Waals surface area contributed by atoms with Crippen LogP contribution in [0.25, 0.3) is 0 Å². The molecule has 0 aliphatic heterocycles. The Morgan fingerprint density at radius 2 is 1.77 bits per heavy atom. The average molecular weight is 178 g/mol. The van der Waals surface area contributed by atoms with Crippen molar-refractivity contribution >= 4 is 0 Å². The topological polar surface area (TPSA) is 9.23 Å². The highest BCUT2D eigenvalue weighted by molar-refractivity contribution is 5.39. The first-order valence-electron chi connectivity index (χ1n) is 4.60. The van der Waals surface area contributed by atoms with Gasteiger partial charge in [-0.1, -0.05) is 32.9 Å². The molecule has 13 heavy (non-hydrogen) atoms. The van der Waals surface area contributed by atoms with E-state index in [0.29, 0.717) is 0 Å². The number of methoxy groups -OCH3 is 1. The summed E-state index contributed by atoms with van der Waals surface area (Å²) in [4.78, 5) is 0. The Morgan fingerprint density at radius 1 is 1.15 bits per heavy atom. The molecule has 0 bridgehead atoms. The minimum absolute atomic E-state index is 0.195. The van der Waals surface area contributed by atoms with Crippen molar-refractivity contribution in [2.75, 3.05) is 7.11 Å². The molecule has 0 amide bonds. The summed E-state index contributed by atoms with van der Waals surface area (Å²) in [5.74, 6) is 0.979. The van der Waals surface area contributed by atoms with Crippen molar-refractivity contribution in [2.45, 2.75) is 33.1 Å². The third-order valence-corrected chi connectivity index (χ3v) is 2.27. The molecule has 0 aromatic heterocycles. The second-order valence-electron chi connectivity index (χ2n) is 4.43. The summed E-state index contributed by atoms with van der Waals surface area (Å²) >= 11 is 0. The van der Waals surface area contributed by atoms with Crippen LogP contribution < -0.4 is 4.74 Å². The SMILES string of the molecule is COc1cc(C(C)(C)C)ccc1C. The first-order valence-corrected chi connectivity index (χ1v) is 4.60. The van der Waals surface area contributed by atoms with E-state index in [1.807, 2.05) is 0 Å². The van der Waals surface area contributed by atoms with Gasteiger partial charge in [0.15, 0.2) is 0 Å². The molecule has 0 unspecified atom stereocenters. The molecule has 0 aliphatic rings. The van der Waals surface area contributed by atoms with Crippen LogP contribution in [0.3, 0.4) is 0 Å². The standard InChI is InChI=1S/C12H18O/c1-9-6-7-10(12(2,3)4)8-11(9)13-5/h6-8H,1-5H3. The number of hydrogen-bond donors (Lipinski definition) is 0. The summed E-state index contributed by atoms with van der Waals surface area (Å²) in [6.07, 6.45) is 0. The van der Waals surface area contributed by atoms with Gasteiger partial charge in [0.25, 0.3) is 0 Å². The van der Waals surface area contributed by atoms with E-state index in [4.69, 9.17) is 4.74 Å². The Bertz CT molecular complexity index is 294. The lowest BCUT2D eigenvalue weighted by Gasteiger charge is -2.20. The number of ether oxygens (including phenoxy) is 1. The monoisotopic (exact) mass is 178 g/mol. The van der Waals surface area contributed by atoms with Crippen LogP contribution in [0.5, 0.6) is 5.75 Å². The van der Waals surface area contributed by atoms with Gasteiger partial charge in [0, 0.05) is 0 Å². The summed E-state index contributed by atoms with van der Waals surface area (Å²) in [5.41, 5.74) is 2.70. The molecule has 0 saturated carbocycles. The molecule has 0 fully saturated rings. The van der Waals surface area contributed by atoms with Crippen molar-refractivity contribution < 1.29 is 4.74 Å². The number of hydrogen-bond acceptors (Lipinski definition) is 1. The molecule has 1 nitrogen and oxygen atoms in total. The Morgan fingerprint density at radius 3 is 2.23 bits per heavy atom. The fourth-order valence-electron chi connectivity index (χ4n) is 1.29. The van der Waals surface area contributed by atoms with Gasteiger partial charge in [0.05, 0.1) is 7.11 Å². The van der Waals surface area contributed by atoms with E-state index in [9.17, 15) is 0 Å². The average Bonchev–Trinajstić information content (AvgIpc) is 2.03. The van der Waals surface area contributed by atoms with Gasteiger partial charge in [-0.3, -0.25) is 0 Å². The highest BCUT2D eigenvalue weighted by Gasteiger charge is 2.14. The molecule has 0 saturated heterocycles. The van der Waals surface area contributed by atoms with E-state index in [1.54, 1.807) is 7.11 Å². The largest absolute Gasteiger partial charge is 0.496 e. The Labute approximate surface area is 80.7 Å². The number of benzene rings is 1. The second-order valence-corrected chi connectivity index (χ2v) is 4.43. The van der Waals surface area contributed by atoms with Gasteiger partial charge in [-0.15, -0.1) is 0 Å². The van der Waals surface area contributed by atoms with Gasteiger partial charge in [-0.25, -0.2) is 0 Å². The number of aryl methyl sites for hydroxylation is 1. The van der Waals surface area contributed by atoms with E-state index in [-0.39, 0.29) is 5.41 Å². The lowest BCUT2D eigenvalue weighted by atomic mass is 9.86. The molecule has 0 spiro atoms. The number of rotatable bonds is 1. The van der Waals surface area contributed by atoms with Gasteiger partial charge in [-0.2, -0.15) is 0 Å². The fourth-order valence-corrected chi connectivity index (χ4v) is 1.29. The van der Waals surface area contributed by atoms with Crippen molar-refractivity contribution in [2.24, 2.45) is 0 Å². The molecule has 0 heterocycles. The predicted octanol–water partition coefficient (Wildman–Crippen LogP) is 3.30. The summed E-state index contributed by atoms with van der Waals surface area (Å²) < 4.78 is 5.28. The lowest BCUT2D eigenvalue weighted by Crippen LogP contribution is -2.11. The third-order valence-electron chi connectivity index (χ3n) is 2.27. The van der Waals surface area contributed by atoms with E-state index in [0.717, 1.165) is 5.75 Å². The quantitative estimate of drug-likeness (QED) is 0.641. The van der Waals surface area contributed by atoms with Crippen LogP contribution in [-0.4, -0.2) is 7.11 Å². The molecule has 0 atom stereocenters. The van der Waals surface area contributed by atoms with Gasteiger partial charge in [-0.05, 0) is 29.5 Å². The molecule has 0 N–H and O–H groups in total. The maximum atomic E-state index is 5.28. The van der Waals surface area contributed by atoms with E-state index >= 15 is 0 Å². The minimum atomic E-state index is 0.195. The maximum Gasteiger partial charge on any atom is 0.122 e. The molecule has 1 aromatic rings. The van der Waals surface area contributed by atoms with Crippen LogP contribution in [-0.2, 0) is 5.41 Å². The van der Waals surface area contributed by atoms with Gasteiger partial charge in [0.2, 0.25) is 0 Å². The third kappa shape index (κ3) is 2.24. The van der Waals surface area contributed by atoms with Crippen LogP contribution in [0.2, 0.25) is 0 Å². The summed E-state index contributed by atoms with van der Waals surface area (Å²) in [7, 11) is 1.72. The van der Waals surface area contributed by atoms with Crippen molar-refractivity contribution in [3.63, 3.8) is 0 Å². The minimum Gasteiger partial charge on any atom is -0.496 e. The van der Waals surface area contributed by atoms with Gasteiger partial charge < -0.3 is 4.74 Å². The molecule has 1 heteroatoms. The smallest absolute Gasteiger partial charge is 0.122 e. The summed E-state index contributed by atoms with van der Waals surface area (Å²) in [5, 5.41) is 0. The fraction of sp³-hybridized carbons (Fsp3) is 0.500. The Balaban J connectivity index is 3.14. The molecule has 72 valence electrons. The lowest BCUT2D eigenvalue weighted by molar-refractivity contribution is 0.409. The van der Waals surface area contributed by atoms with Crippen LogP contribution in [0, 0.1) is 6.92 Å². The predicted molar refractivity (Wildman–Crippen MR) is 56.4 cm³/mol. The Hall–Kier alpha value is -0.980. The van der Waals surface area contributed by atoms with Crippen LogP contribution in [0.1, 0.15) is 31.9 Å². The summed E-state index contributed by atoms with van der Waals surface area (Å²) in [6.45, 7) is 8.68. The van der Waals surface area contributed by atoms with Gasteiger partial charge in [0.1, 0.15) is 5.75 Å². The van der Waals surface area contributed by atoms with Crippen LogP contribution in [0.4, 0.5) is 0 Å².